The van der Waals surface area contributed by atoms with Crippen molar-refractivity contribution in [3.63, 3.8) is 0 Å². The van der Waals surface area contributed by atoms with E-state index in [-0.39, 0.29) is 5.91 Å². The van der Waals surface area contributed by atoms with Gasteiger partial charge in [0.15, 0.2) is 0 Å². The molecule has 0 saturated carbocycles. The van der Waals surface area contributed by atoms with Crippen LogP contribution in [-0.2, 0) is 9.53 Å². The van der Waals surface area contributed by atoms with Crippen LogP contribution in [0.2, 0.25) is 5.02 Å². The smallest absolute Gasteiger partial charge is 0.256 e. The average molecular weight is 342 g/mol. The highest BCUT2D eigenvalue weighted by atomic mass is 35.5. The number of carbonyl (C=O) groups excluding carboxylic acids is 1. The maximum absolute atomic E-state index is 12.7. The molecule has 0 aromatic heterocycles. The molecule has 0 bridgehead atoms. The highest BCUT2D eigenvalue weighted by Gasteiger charge is 2.33. The van der Waals surface area contributed by atoms with Crippen LogP contribution in [0.5, 0.6) is 5.75 Å². The van der Waals surface area contributed by atoms with Gasteiger partial charge in [0.05, 0.1) is 11.6 Å². The number of benzene rings is 1. The topological polar surface area (TPSA) is 47.6 Å². The molecular weight excluding hydrogens is 314 g/mol. The molecule has 130 valence electrons. The number of nitrogens with one attached hydrogen (secondary N) is 1. The maximum atomic E-state index is 12.7. The van der Waals surface area contributed by atoms with Crippen molar-refractivity contribution in [2.24, 2.45) is 0 Å². The zero-order valence-electron chi connectivity index (χ0n) is 14.6. The summed E-state index contributed by atoms with van der Waals surface area (Å²) < 4.78 is 11.2. The summed E-state index contributed by atoms with van der Waals surface area (Å²) in [6.07, 6.45) is 3.54. The molecule has 0 heterocycles. The van der Waals surface area contributed by atoms with Crippen molar-refractivity contribution < 1.29 is 14.3 Å². The molecule has 1 aromatic rings. The third-order valence-electron chi connectivity index (χ3n) is 3.60. The number of halogens is 1. The van der Waals surface area contributed by atoms with Crippen molar-refractivity contribution in [1.82, 2.24) is 0 Å². The van der Waals surface area contributed by atoms with Crippen molar-refractivity contribution in [1.29, 1.82) is 0 Å². The van der Waals surface area contributed by atoms with Crippen LogP contribution in [-0.4, -0.2) is 24.7 Å². The van der Waals surface area contributed by atoms with Gasteiger partial charge in [-0.25, -0.2) is 0 Å². The molecule has 5 heteroatoms. The molecule has 1 atom stereocenters. The lowest BCUT2D eigenvalue weighted by Crippen LogP contribution is -2.43. The van der Waals surface area contributed by atoms with Gasteiger partial charge in [-0.15, -0.1) is 0 Å². The molecular formula is C18H28ClNO3. The fraction of sp³-hybridized carbons (Fsp3) is 0.611. The van der Waals surface area contributed by atoms with Crippen LogP contribution in [0.15, 0.2) is 18.2 Å². The SMILES string of the molecule is CCCCC(C)(OCCC)C(=O)Nc1ccc(OCC)c(Cl)c1. The molecule has 4 nitrogen and oxygen atoms in total. The Labute approximate surface area is 144 Å². The van der Waals surface area contributed by atoms with Crippen LogP contribution in [0, 0.1) is 0 Å². The van der Waals surface area contributed by atoms with Crippen LogP contribution >= 0.6 is 11.6 Å². The number of amides is 1. The fourth-order valence-electron chi connectivity index (χ4n) is 2.21. The first kappa shape index (κ1) is 19.8. The van der Waals surface area contributed by atoms with Gasteiger partial charge in [0.1, 0.15) is 11.4 Å². The minimum Gasteiger partial charge on any atom is -0.492 e. The summed E-state index contributed by atoms with van der Waals surface area (Å²) in [4.78, 5) is 12.7. The third-order valence-corrected chi connectivity index (χ3v) is 3.90. The Morgan fingerprint density at radius 1 is 1.26 bits per heavy atom. The molecule has 0 saturated heterocycles. The van der Waals surface area contributed by atoms with Crippen molar-refractivity contribution in [2.75, 3.05) is 18.5 Å². The lowest BCUT2D eigenvalue weighted by molar-refractivity contribution is -0.140. The molecule has 23 heavy (non-hydrogen) atoms. The lowest BCUT2D eigenvalue weighted by atomic mass is 9.97. The number of unbranched alkanes of at least 4 members (excludes halogenated alkanes) is 1. The monoisotopic (exact) mass is 341 g/mol. The highest BCUT2D eigenvalue weighted by molar-refractivity contribution is 6.32. The Bertz CT molecular complexity index is 497. The van der Waals surface area contributed by atoms with Crippen molar-refractivity contribution >= 4 is 23.2 Å². The largest absolute Gasteiger partial charge is 0.492 e. The van der Waals surface area contributed by atoms with Crippen molar-refractivity contribution in [2.45, 2.75) is 59.0 Å². The summed E-state index contributed by atoms with van der Waals surface area (Å²) in [5.74, 6) is 0.475. The van der Waals surface area contributed by atoms with Crippen molar-refractivity contribution in [3.05, 3.63) is 23.2 Å². The predicted molar refractivity (Wildman–Crippen MR) is 95.4 cm³/mol. The first-order valence-electron chi connectivity index (χ1n) is 8.34. The Morgan fingerprint density at radius 3 is 2.57 bits per heavy atom. The first-order valence-corrected chi connectivity index (χ1v) is 8.72. The Hall–Kier alpha value is -1.26. The summed E-state index contributed by atoms with van der Waals surface area (Å²) in [5, 5.41) is 3.39. The second-order valence-corrected chi connectivity index (χ2v) is 6.12. The summed E-state index contributed by atoms with van der Waals surface area (Å²) in [6.45, 7) is 9.00. The van der Waals surface area contributed by atoms with E-state index >= 15 is 0 Å². The quantitative estimate of drug-likeness (QED) is 0.647. The normalized spacial score (nSPS) is 13.4. The van der Waals surface area contributed by atoms with Gasteiger partial charge < -0.3 is 14.8 Å². The minimum atomic E-state index is -0.822. The second kappa shape index (κ2) is 9.78. The Balaban J connectivity index is 2.82. The van der Waals surface area contributed by atoms with E-state index < -0.39 is 5.60 Å². The molecule has 1 amide bonds. The second-order valence-electron chi connectivity index (χ2n) is 5.72. The molecule has 0 aliphatic rings. The summed E-state index contributed by atoms with van der Waals surface area (Å²) in [6, 6.07) is 5.25. The molecule has 1 aromatic carbocycles. The van der Waals surface area contributed by atoms with Gasteiger partial charge in [-0.2, -0.15) is 0 Å². The molecule has 0 aliphatic carbocycles. The fourth-order valence-corrected chi connectivity index (χ4v) is 2.44. The molecule has 0 aliphatic heterocycles. The molecule has 0 radical (unpaired) electrons. The molecule has 1 rings (SSSR count). The zero-order chi connectivity index (χ0) is 17.3. The third kappa shape index (κ3) is 6.04. The van der Waals surface area contributed by atoms with E-state index in [9.17, 15) is 4.79 Å². The maximum Gasteiger partial charge on any atom is 0.256 e. The minimum absolute atomic E-state index is 0.139. The predicted octanol–water partition coefficient (Wildman–Crippen LogP) is 5.05. The van der Waals surface area contributed by atoms with Crippen molar-refractivity contribution in [3.8, 4) is 5.75 Å². The number of hydrogen-bond acceptors (Lipinski definition) is 3. The molecule has 0 spiro atoms. The van der Waals surface area contributed by atoms with Crippen LogP contribution in [0.25, 0.3) is 0 Å². The molecule has 0 fully saturated rings. The molecule has 1 unspecified atom stereocenters. The van der Waals surface area contributed by atoms with Gasteiger partial charge in [-0.05, 0) is 44.9 Å². The summed E-state index contributed by atoms with van der Waals surface area (Å²) in [7, 11) is 0. The van der Waals surface area contributed by atoms with Gasteiger partial charge in [-0.1, -0.05) is 38.3 Å². The first-order chi connectivity index (χ1) is 11.0. The number of ether oxygens (including phenoxy) is 2. The Morgan fingerprint density at radius 2 is 2.00 bits per heavy atom. The van der Waals surface area contributed by atoms with E-state index in [1.165, 1.54) is 0 Å². The number of rotatable bonds is 10. The van der Waals surface area contributed by atoms with Crippen LogP contribution < -0.4 is 10.1 Å². The van der Waals surface area contributed by atoms with Crippen LogP contribution in [0.3, 0.4) is 0 Å². The van der Waals surface area contributed by atoms with E-state index in [4.69, 9.17) is 21.1 Å². The van der Waals surface area contributed by atoms with Crippen LogP contribution in [0.4, 0.5) is 5.69 Å². The van der Waals surface area contributed by atoms with Gasteiger partial charge in [0, 0.05) is 12.3 Å². The van der Waals surface area contributed by atoms with E-state index in [0.29, 0.717) is 36.1 Å². The average Bonchev–Trinajstić information content (AvgIpc) is 2.53. The standard InChI is InChI=1S/C18H28ClNO3/c1-5-8-11-18(4,23-12-6-2)17(21)20-14-9-10-16(22-7-3)15(19)13-14/h9-10,13H,5-8,11-12H2,1-4H3,(H,20,21). The van der Waals surface area contributed by atoms with Gasteiger partial charge >= 0.3 is 0 Å². The lowest BCUT2D eigenvalue weighted by Gasteiger charge is -2.28. The number of carbonyl (C=O) groups is 1. The number of hydrogen-bond donors (Lipinski definition) is 1. The highest BCUT2D eigenvalue weighted by Crippen LogP contribution is 2.29. The van der Waals surface area contributed by atoms with Gasteiger partial charge in [0.2, 0.25) is 0 Å². The zero-order valence-corrected chi connectivity index (χ0v) is 15.3. The Kier molecular flexibility index (Phi) is 8.42. The van der Waals surface area contributed by atoms with E-state index in [1.807, 2.05) is 20.8 Å². The van der Waals surface area contributed by atoms with E-state index in [2.05, 4.69) is 12.2 Å². The van der Waals surface area contributed by atoms with Crippen LogP contribution in [0.1, 0.15) is 53.4 Å². The summed E-state index contributed by atoms with van der Waals surface area (Å²) >= 11 is 6.17. The van der Waals surface area contributed by atoms with Gasteiger partial charge in [0.25, 0.3) is 5.91 Å². The van der Waals surface area contributed by atoms with Gasteiger partial charge in [-0.3, -0.25) is 4.79 Å². The molecule has 1 N–H and O–H groups in total. The summed E-state index contributed by atoms with van der Waals surface area (Å²) in [5.41, 5.74) is -0.178. The van der Waals surface area contributed by atoms with E-state index in [0.717, 1.165) is 19.3 Å². The number of anilines is 1. The van der Waals surface area contributed by atoms with E-state index in [1.54, 1.807) is 18.2 Å².